The predicted molar refractivity (Wildman–Crippen MR) is 97.5 cm³/mol. The van der Waals surface area contributed by atoms with Gasteiger partial charge in [-0.25, -0.2) is 0 Å². The standard InChI is InChI=1S/C21H22N2O/c1-15-8-6-11-17-18-12-7-13-22(2)21(24)20(18)23(19(15)17)14-16-9-4-3-5-10-16/h3-6,8-11H,7,12-14H2,1-2H3. The van der Waals surface area contributed by atoms with Gasteiger partial charge in [0.15, 0.2) is 0 Å². The Hall–Kier alpha value is -2.55. The lowest BCUT2D eigenvalue weighted by Gasteiger charge is -2.17. The van der Waals surface area contributed by atoms with E-state index in [0.29, 0.717) is 0 Å². The molecule has 0 aliphatic carbocycles. The normalized spacial score (nSPS) is 14.8. The Balaban J connectivity index is 2.00. The SMILES string of the molecule is Cc1cccc2c3c(n(Cc4ccccc4)c12)C(=O)N(C)CCC3. The Morgan fingerprint density at radius 3 is 2.62 bits per heavy atom. The number of carbonyl (C=O) groups is 1. The van der Waals surface area contributed by atoms with Gasteiger partial charge >= 0.3 is 0 Å². The molecule has 0 saturated carbocycles. The topological polar surface area (TPSA) is 25.2 Å². The molecule has 0 bridgehead atoms. The highest BCUT2D eigenvalue weighted by Gasteiger charge is 2.27. The number of aryl methyl sites for hydroxylation is 2. The van der Waals surface area contributed by atoms with Crippen molar-refractivity contribution in [1.29, 1.82) is 0 Å². The van der Waals surface area contributed by atoms with Gasteiger partial charge in [-0.15, -0.1) is 0 Å². The minimum Gasteiger partial charge on any atom is -0.340 e. The average molecular weight is 318 g/mol. The zero-order valence-corrected chi connectivity index (χ0v) is 14.2. The van der Waals surface area contributed by atoms with Gasteiger partial charge < -0.3 is 9.47 Å². The zero-order chi connectivity index (χ0) is 16.7. The molecular weight excluding hydrogens is 296 g/mol. The van der Waals surface area contributed by atoms with Gasteiger partial charge in [-0.1, -0.05) is 48.5 Å². The van der Waals surface area contributed by atoms with Crippen molar-refractivity contribution in [1.82, 2.24) is 9.47 Å². The summed E-state index contributed by atoms with van der Waals surface area (Å²) in [6, 6.07) is 16.8. The summed E-state index contributed by atoms with van der Waals surface area (Å²) in [7, 11) is 1.91. The number of benzene rings is 2. The van der Waals surface area contributed by atoms with Crippen LogP contribution < -0.4 is 0 Å². The highest BCUT2D eigenvalue weighted by atomic mass is 16.2. The van der Waals surface area contributed by atoms with E-state index in [9.17, 15) is 4.79 Å². The second-order valence-electron chi connectivity index (χ2n) is 6.70. The van der Waals surface area contributed by atoms with Crippen LogP contribution in [0.4, 0.5) is 0 Å². The van der Waals surface area contributed by atoms with Gasteiger partial charge in [0.2, 0.25) is 0 Å². The largest absolute Gasteiger partial charge is 0.340 e. The number of carbonyl (C=O) groups excluding carboxylic acids is 1. The molecule has 1 aromatic heterocycles. The van der Waals surface area contributed by atoms with Gasteiger partial charge in [-0.2, -0.15) is 0 Å². The van der Waals surface area contributed by atoms with E-state index < -0.39 is 0 Å². The third kappa shape index (κ3) is 2.32. The molecule has 3 nitrogen and oxygen atoms in total. The summed E-state index contributed by atoms with van der Waals surface area (Å²) in [5.74, 6) is 0.147. The molecule has 122 valence electrons. The number of nitrogens with zero attached hydrogens (tertiary/aromatic N) is 2. The lowest BCUT2D eigenvalue weighted by molar-refractivity contribution is 0.0790. The van der Waals surface area contributed by atoms with Crippen LogP contribution in [0.3, 0.4) is 0 Å². The molecule has 3 aromatic rings. The van der Waals surface area contributed by atoms with Crippen LogP contribution in [0.15, 0.2) is 48.5 Å². The van der Waals surface area contributed by atoms with Crippen LogP contribution in [-0.4, -0.2) is 29.0 Å². The molecule has 4 rings (SSSR count). The zero-order valence-electron chi connectivity index (χ0n) is 14.2. The smallest absolute Gasteiger partial charge is 0.270 e. The Labute approximate surface area is 142 Å². The highest BCUT2D eigenvalue weighted by Crippen LogP contribution is 2.32. The number of rotatable bonds is 2. The van der Waals surface area contributed by atoms with E-state index in [2.05, 4.69) is 54.0 Å². The number of hydrogen-bond donors (Lipinski definition) is 0. The van der Waals surface area contributed by atoms with Crippen LogP contribution in [0.25, 0.3) is 10.9 Å². The fraction of sp³-hybridized carbons (Fsp3) is 0.286. The Kier molecular flexibility index (Phi) is 3.64. The van der Waals surface area contributed by atoms with E-state index in [4.69, 9.17) is 0 Å². The van der Waals surface area contributed by atoms with Crippen LogP contribution in [0, 0.1) is 6.92 Å². The van der Waals surface area contributed by atoms with Crippen molar-refractivity contribution in [2.24, 2.45) is 0 Å². The molecule has 0 saturated heterocycles. The molecule has 1 amide bonds. The molecule has 1 aliphatic rings. The molecule has 3 heteroatoms. The maximum absolute atomic E-state index is 13.0. The van der Waals surface area contributed by atoms with Crippen molar-refractivity contribution >= 4 is 16.8 Å². The van der Waals surface area contributed by atoms with Gasteiger partial charge in [0, 0.05) is 25.5 Å². The number of aromatic nitrogens is 1. The maximum Gasteiger partial charge on any atom is 0.270 e. The first-order valence-electron chi connectivity index (χ1n) is 8.57. The molecular formula is C21H22N2O. The average Bonchev–Trinajstić information content (AvgIpc) is 2.81. The van der Waals surface area contributed by atoms with E-state index in [1.54, 1.807) is 0 Å². The van der Waals surface area contributed by atoms with E-state index in [1.807, 2.05) is 18.0 Å². The second kappa shape index (κ2) is 5.82. The Morgan fingerprint density at radius 2 is 1.83 bits per heavy atom. The van der Waals surface area contributed by atoms with Crippen LogP contribution in [0.2, 0.25) is 0 Å². The second-order valence-corrected chi connectivity index (χ2v) is 6.70. The number of para-hydroxylation sites is 1. The van der Waals surface area contributed by atoms with Crippen LogP contribution in [0.1, 0.15) is 33.6 Å². The van der Waals surface area contributed by atoms with Crippen molar-refractivity contribution in [2.45, 2.75) is 26.3 Å². The molecule has 0 fully saturated rings. The Bertz CT molecular complexity index is 908. The third-order valence-corrected chi connectivity index (χ3v) is 5.04. The molecule has 2 heterocycles. The summed E-state index contributed by atoms with van der Waals surface area (Å²) in [6.07, 6.45) is 1.99. The number of hydrogen-bond acceptors (Lipinski definition) is 1. The quantitative estimate of drug-likeness (QED) is 0.700. The molecule has 2 aromatic carbocycles. The molecule has 0 radical (unpaired) electrons. The third-order valence-electron chi connectivity index (χ3n) is 5.04. The maximum atomic E-state index is 13.0. The minimum atomic E-state index is 0.147. The summed E-state index contributed by atoms with van der Waals surface area (Å²) in [5.41, 5.74) is 5.75. The van der Waals surface area contributed by atoms with Gasteiger partial charge in [-0.3, -0.25) is 4.79 Å². The van der Waals surface area contributed by atoms with E-state index in [0.717, 1.165) is 31.6 Å². The summed E-state index contributed by atoms with van der Waals surface area (Å²) < 4.78 is 2.24. The molecule has 0 atom stereocenters. The first-order valence-corrected chi connectivity index (χ1v) is 8.57. The van der Waals surface area contributed by atoms with Crippen molar-refractivity contribution in [3.63, 3.8) is 0 Å². The molecule has 24 heavy (non-hydrogen) atoms. The van der Waals surface area contributed by atoms with E-state index >= 15 is 0 Å². The van der Waals surface area contributed by atoms with Crippen LogP contribution >= 0.6 is 0 Å². The lowest BCUT2D eigenvalue weighted by atomic mass is 10.0. The van der Waals surface area contributed by atoms with Gasteiger partial charge in [-0.05, 0) is 36.5 Å². The fourth-order valence-corrected chi connectivity index (χ4v) is 3.86. The van der Waals surface area contributed by atoms with Crippen LogP contribution in [-0.2, 0) is 13.0 Å². The van der Waals surface area contributed by atoms with Crippen molar-refractivity contribution in [2.75, 3.05) is 13.6 Å². The summed E-state index contributed by atoms with van der Waals surface area (Å²) >= 11 is 0. The van der Waals surface area contributed by atoms with Gasteiger partial charge in [0.05, 0.1) is 5.52 Å². The highest BCUT2D eigenvalue weighted by molar-refractivity contribution is 6.03. The monoisotopic (exact) mass is 318 g/mol. The minimum absolute atomic E-state index is 0.147. The summed E-state index contributed by atoms with van der Waals surface area (Å²) in [6.45, 7) is 3.70. The Morgan fingerprint density at radius 1 is 1.04 bits per heavy atom. The van der Waals surface area contributed by atoms with E-state index in [1.165, 1.54) is 27.6 Å². The number of amides is 1. The fourth-order valence-electron chi connectivity index (χ4n) is 3.86. The predicted octanol–water partition coefficient (Wildman–Crippen LogP) is 4.02. The lowest BCUT2D eigenvalue weighted by Crippen LogP contribution is -2.28. The number of fused-ring (bicyclic) bond motifs is 3. The van der Waals surface area contributed by atoms with Crippen LogP contribution in [0.5, 0.6) is 0 Å². The first kappa shape index (κ1) is 15.0. The molecule has 0 N–H and O–H groups in total. The molecule has 0 spiro atoms. The summed E-state index contributed by atoms with van der Waals surface area (Å²) in [5, 5.41) is 1.24. The first-order chi connectivity index (χ1) is 11.7. The van der Waals surface area contributed by atoms with Crippen molar-refractivity contribution < 1.29 is 4.79 Å². The van der Waals surface area contributed by atoms with Crippen molar-refractivity contribution in [3.8, 4) is 0 Å². The van der Waals surface area contributed by atoms with Gasteiger partial charge in [0.25, 0.3) is 5.91 Å². The molecule has 1 aliphatic heterocycles. The van der Waals surface area contributed by atoms with Crippen molar-refractivity contribution in [3.05, 3.63) is 70.9 Å². The summed E-state index contributed by atoms with van der Waals surface area (Å²) in [4.78, 5) is 14.9. The molecule has 0 unspecified atom stereocenters. The van der Waals surface area contributed by atoms with Gasteiger partial charge in [0.1, 0.15) is 5.69 Å². The van der Waals surface area contributed by atoms with E-state index in [-0.39, 0.29) is 5.91 Å².